The van der Waals surface area contributed by atoms with Crippen molar-refractivity contribution in [2.75, 3.05) is 84.9 Å². The smallest absolute Gasteiger partial charge is 0.429 e. The van der Waals surface area contributed by atoms with Crippen LogP contribution in [0.25, 0.3) is 21.3 Å². The molecule has 0 atom stereocenters. The summed E-state index contributed by atoms with van der Waals surface area (Å²) in [7, 11) is 18.4. The molecule has 19 nitrogen and oxygen atoms in total. The van der Waals surface area contributed by atoms with Crippen LogP contribution in [0.4, 0.5) is 9.18 Å². The number of carbonyl (C=O) groups is 5. The fourth-order valence-electron chi connectivity index (χ4n) is 6.53. The molecule has 390 valence electrons. The number of fused-ring (bicyclic) bond motifs is 1. The van der Waals surface area contributed by atoms with E-state index in [2.05, 4.69) is 10.4 Å². The molecule has 4 aromatic carbocycles. The van der Waals surface area contributed by atoms with Gasteiger partial charge in [-0.15, -0.1) is 11.3 Å². The molecule has 0 bridgehead atoms. The molecule has 0 aliphatic carbocycles. The quantitative estimate of drug-likeness (QED) is 0.115. The third-order valence-corrected chi connectivity index (χ3v) is 11.8. The van der Waals surface area contributed by atoms with Gasteiger partial charge < -0.3 is 33.2 Å². The van der Waals surface area contributed by atoms with Gasteiger partial charge in [-0.2, -0.15) is 0 Å². The van der Waals surface area contributed by atoms with Crippen molar-refractivity contribution in [2.45, 2.75) is 26.4 Å². The number of amides is 5. The molecule has 0 aliphatic heterocycles. The normalized spacial score (nSPS) is 10.5. The Balaban J connectivity index is 0.000000257. The number of nitrogens with zero attached hydrogens (tertiary/aromatic N) is 6. The van der Waals surface area contributed by atoms with Crippen molar-refractivity contribution >= 4 is 51.1 Å². The molecule has 0 saturated carbocycles. The van der Waals surface area contributed by atoms with Crippen LogP contribution in [0.1, 0.15) is 62.3 Å². The maximum Gasteiger partial charge on any atom is 0.429 e. The van der Waals surface area contributed by atoms with Gasteiger partial charge in [0.25, 0.3) is 23.6 Å². The lowest BCUT2D eigenvalue weighted by Gasteiger charge is -2.30. The van der Waals surface area contributed by atoms with Gasteiger partial charge in [-0.3, -0.25) is 29.2 Å². The highest BCUT2D eigenvalue weighted by Gasteiger charge is 2.27. The largest absolute Gasteiger partial charge is 0.493 e. The minimum absolute atomic E-state index is 0.136. The van der Waals surface area contributed by atoms with E-state index in [1.807, 2.05) is 11.4 Å². The van der Waals surface area contributed by atoms with Crippen molar-refractivity contribution in [1.82, 2.24) is 35.5 Å². The molecule has 0 saturated heterocycles. The van der Waals surface area contributed by atoms with E-state index in [0.717, 1.165) is 16.0 Å². The molecule has 0 aliphatic rings. The zero-order valence-electron chi connectivity index (χ0n) is 43.6. The van der Waals surface area contributed by atoms with E-state index < -0.39 is 23.5 Å². The molecular weight excluding hydrogens is 966 g/mol. The molecule has 0 fully saturated rings. The highest BCUT2D eigenvalue weighted by Crippen LogP contribution is 2.35. The second kappa shape index (κ2) is 25.8. The van der Waals surface area contributed by atoms with E-state index in [0.29, 0.717) is 61.6 Å². The molecule has 0 radical (unpaired) electrons. The lowest BCUT2D eigenvalue weighted by Crippen LogP contribution is -2.46. The Labute approximate surface area is 428 Å². The molecule has 2 heterocycles. The van der Waals surface area contributed by atoms with Crippen LogP contribution in [-0.2, 0) is 4.74 Å². The van der Waals surface area contributed by atoms with Crippen LogP contribution in [0.2, 0.25) is 0 Å². The van der Waals surface area contributed by atoms with E-state index >= 15 is 0 Å². The Bertz CT molecular complexity index is 2910. The first-order valence-corrected chi connectivity index (χ1v) is 23.0. The first-order valence-electron chi connectivity index (χ1n) is 22.1. The number of benzene rings is 4. The number of thiophene rings is 1. The second-order valence-corrected chi connectivity index (χ2v) is 17.3. The van der Waals surface area contributed by atoms with Gasteiger partial charge in [0.15, 0.2) is 34.5 Å². The summed E-state index contributed by atoms with van der Waals surface area (Å²) in [5.74, 6) is 1.32. The standard InChI is InChI=1S/C25H22FN3O4S.C16H24N2O5.C11H16N2O3/c1-28(24(30)15-11-12-21(32-3)22(13-15)33-4)29(2)25(31)20-10-6-9-19(27-20)17-14-34-23-16(17)7-5-8-18(23)26;1-16(2,3)23-15(20)18(5)17(4)14(19)11-8-9-12(21-6)13(10-11)22-7;1-12-13(2)11(14)8-5-6-9(15-3)10(7-8)16-4/h5-14H,1-4H3;8-10H,1-7H3;5-7,12H,1-4H3. The summed E-state index contributed by atoms with van der Waals surface area (Å²) < 4.78 is 50.9. The van der Waals surface area contributed by atoms with Gasteiger partial charge in [-0.1, -0.05) is 18.2 Å². The highest BCUT2D eigenvalue weighted by molar-refractivity contribution is 7.17. The number of hydrogen-bond acceptors (Lipinski definition) is 15. The summed E-state index contributed by atoms with van der Waals surface area (Å²) >= 11 is 1.29. The van der Waals surface area contributed by atoms with Gasteiger partial charge in [-0.25, -0.2) is 34.6 Å². The molecule has 73 heavy (non-hydrogen) atoms. The first-order chi connectivity index (χ1) is 34.6. The average Bonchev–Trinajstić information content (AvgIpc) is 3.86. The Hall–Kier alpha value is -8.17. The highest BCUT2D eigenvalue weighted by atomic mass is 32.1. The molecule has 1 N–H and O–H groups in total. The van der Waals surface area contributed by atoms with Crippen molar-refractivity contribution in [3.05, 3.63) is 125 Å². The van der Waals surface area contributed by atoms with Gasteiger partial charge in [0.05, 0.1) is 53.1 Å². The SMILES string of the molecule is CNN(C)C(=O)c1ccc(OC)c(OC)c1.COc1ccc(C(=O)N(C)N(C)C(=O)OC(C)(C)C)cc1OC.COc1ccc(C(=O)N(C)N(C)C(=O)c2cccc(-c3csc4c(F)cccc34)n2)cc1OC. The second-order valence-electron chi connectivity index (χ2n) is 16.5. The van der Waals surface area contributed by atoms with E-state index in [1.165, 1.54) is 101 Å². The van der Waals surface area contributed by atoms with Crippen LogP contribution in [0, 0.1) is 5.82 Å². The third kappa shape index (κ3) is 14.3. The van der Waals surface area contributed by atoms with Crippen LogP contribution in [-0.4, -0.2) is 150 Å². The summed E-state index contributed by atoms with van der Waals surface area (Å²) in [6.45, 7) is 5.28. The lowest BCUT2D eigenvalue weighted by molar-refractivity contribution is -0.0192. The summed E-state index contributed by atoms with van der Waals surface area (Å²) in [5.41, 5.74) is 4.77. The summed E-state index contributed by atoms with van der Waals surface area (Å²) in [6, 6.07) is 24.5. The molecule has 0 unspecified atom stereocenters. The molecule has 5 amide bonds. The third-order valence-electron chi connectivity index (χ3n) is 10.8. The molecule has 6 rings (SSSR count). The van der Waals surface area contributed by atoms with Crippen LogP contribution in [0.3, 0.4) is 0 Å². The van der Waals surface area contributed by atoms with Crippen molar-refractivity contribution in [3.63, 3.8) is 0 Å². The van der Waals surface area contributed by atoms with Gasteiger partial charge in [0.1, 0.15) is 17.1 Å². The zero-order valence-corrected chi connectivity index (χ0v) is 44.4. The molecule has 2 aromatic heterocycles. The van der Waals surface area contributed by atoms with Crippen LogP contribution < -0.4 is 33.8 Å². The molecule has 6 aromatic rings. The predicted octanol–water partition coefficient (Wildman–Crippen LogP) is 8.35. The van der Waals surface area contributed by atoms with E-state index in [1.54, 1.807) is 121 Å². The number of nitrogens with one attached hydrogen (secondary N) is 1. The number of carbonyl (C=O) groups excluding carboxylic acids is 5. The number of hydrazine groups is 3. The topological polar surface area (TPSA) is 191 Å². The number of halogens is 1. The predicted molar refractivity (Wildman–Crippen MR) is 275 cm³/mol. The minimum Gasteiger partial charge on any atom is -0.493 e. The Morgan fingerprint density at radius 3 is 1.41 bits per heavy atom. The van der Waals surface area contributed by atoms with E-state index in [4.69, 9.17) is 33.2 Å². The van der Waals surface area contributed by atoms with Gasteiger partial charge >= 0.3 is 6.09 Å². The van der Waals surface area contributed by atoms with Gasteiger partial charge in [0.2, 0.25) is 0 Å². The van der Waals surface area contributed by atoms with Gasteiger partial charge in [0, 0.05) is 75.3 Å². The van der Waals surface area contributed by atoms with Crippen LogP contribution in [0.15, 0.2) is 96.4 Å². The van der Waals surface area contributed by atoms with Crippen LogP contribution in [0.5, 0.6) is 34.5 Å². The zero-order chi connectivity index (χ0) is 54.3. The fraction of sp³-hybridized carbons (Fsp3) is 0.308. The van der Waals surface area contributed by atoms with Crippen molar-refractivity contribution in [2.24, 2.45) is 0 Å². The van der Waals surface area contributed by atoms with Crippen LogP contribution >= 0.6 is 11.3 Å². The summed E-state index contributed by atoms with van der Waals surface area (Å²) in [6.07, 6.45) is -0.617. The fourth-order valence-corrected chi connectivity index (χ4v) is 7.49. The molecular formula is C52H62FN7O12S. The number of aromatic nitrogens is 1. The molecule has 0 spiro atoms. The Morgan fingerprint density at radius 2 is 0.973 bits per heavy atom. The summed E-state index contributed by atoms with van der Waals surface area (Å²) in [4.78, 5) is 67.0. The minimum atomic E-state index is -0.640. The average molecular weight is 1030 g/mol. The van der Waals surface area contributed by atoms with Crippen molar-refractivity contribution < 1.29 is 61.5 Å². The summed E-state index contributed by atoms with van der Waals surface area (Å²) in [5, 5.41) is 8.63. The maximum absolute atomic E-state index is 14.1. The first kappa shape index (κ1) is 57.4. The number of rotatable bonds is 12. The number of methoxy groups -OCH3 is 6. The van der Waals surface area contributed by atoms with Crippen molar-refractivity contribution in [1.29, 1.82) is 0 Å². The van der Waals surface area contributed by atoms with E-state index in [9.17, 15) is 28.4 Å². The lowest BCUT2D eigenvalue weighted by atomic mass is 10.1. The maximum atomic E-state index is 14.1. The monoisotopic (exact) mass is 1030 g/mol. The van der Waals surface area contributed by atoms with Crippen molar-refractivity contribution in [3.8, 4) is 45.8 Å². The molecule has 21 heteroatoms. The van der Waals surface area contributed by atoms with E-state index in [-0.39, 0.29) is 23.3 Å². The Morgan fingerprint density at radius 1 is 0.548 bits per heavy atom. The number of hydrogen-bond donors (Lipinski definition) is 1. The number of ether oxygens (including phenoxy) is 7. The Kier molecular flexibility index (Phi) is 20.3. The van der Waals surface area contributed by atoms with Gasteiger partial charge in [-0.05, 0) is 93.6 Å². The number of pyridine rings is 1.